The molecular weight excluding hydrogens is 224 g/mol. The average Bonchev–Trinajstić information content (AvgIpc) is 3.02. The van der Waals surface area contributed by atoms with Crippen LogP contribution < -0.4 is 5.32 Å². The highest BCUT2D eigenvalue weighted by Crippen LogP contribution is 2.20. The van der Waals surface area contributed by atoms with Crippen LogP contribution in [0.15, 0.2) is 29.3 Å². The van der Waals surface area contributed by atoms with Crippen molar-refractivity contribution < 1.29 is 4.74 Å². The van der Waals surface area contributed by atoms with Gasteiger partial charge in [0.2, 0.25) is 0 Å². The van der Waals surface area contributed by atoms with Crippen LogP contribution >= 0.6 is 0 Å². The Balaban J connectivity index is 1.66. The van der Waals surface area contributed by atoms with E-state index in [1.807, 2.05) is 0 Å². The lowest BCUT2D eigenvalue weighted by Crippen LogP contribution is -2.17. The second-order valence-electron chi connectivity index (χ2n) is 5.25. The summed E-state index contributed by atoms with van der Waals surface area (Å²) >= 11 is 0. The van der Waals surface area contributed by atoms with E-state index in [1.165, 1.54) is 11.1 Å². The van der Waals surface area contributed by atoms with Crippen molar-refractivity contribution >= 4 is 5.90 Å². The number of benzene rings is 1. The Morgan fingerprint density at radius 1 is 1.39 bits per heavy atom. The molecule has 96 valence electrons. The zero-order valence-corrected chi connectivity index (χ0v) is 10.9. The number of rotatable bonds is 3. The van der Waals surface area contributed by atoms with Crippen molar-refractivity contribution in [3.05, 3.63) is 35.4 Å². The van der Waals surface area contributed by atoms with Gasteiger partial charge in [-0.05, 0) is 37.4 Å². The van der Waals surface area contributed by atoms with E-state index in [0.29, 0.717) is 12.0 Å². The monoisotopic (exact) mass is 244 g/mol. The second kappa shape index (κ2) is 5.11. The van der Waals surface area contributed by atoms with Gasteiger partial charge in [-0.15, -0.1) is 0 Å². The van der Waals surface area contributed by atoms with Gasteiger partial charge in [0.05, 0.1) is 6.04 Å². The van der Waals surface area contributed by atoms with Gasteiger partial charge >= 0.3 is 0 Å². The van der Waals surface area contributed by atoms with Crippen LogP contribution in [0.4, 0.5) is 0 Å². The molecule has 3 nitrogen and oxygen atoms in total. The Labute approximate surface area is 108 Å². The van der Waals surface area contributed by atoms with Crippen molar-refractivity contribution in [3.63, 3.8) is 0 Å². The average molecular weight is 244 g/mol. The number of hydrogen-bond acceptors (Lipinski definition) is 3. The van der Waals surface area contributed by atoms with Crippen molar-refractivity contribution in [2.75, 3.05) is 19.7 Å². The maximum Gasteiger partial charge on any atom is 0.188 e. The highest BCUT2D eigenvalue weighted by Gasteiger charge is 2.28. The summed E-state index contributed by atoms with van der Waals surface area (Å²) < 4.78 is 5.77. The molecule has 2 heterocycles. The molecule has 18 heavy (non-hydrogen) atoms. The van der Waals surface area contributed by atoms with Crippen molar-refractivity contribution in [2.24, 2.45) is 10.9 Å². The summed E-state index contributed by atoms with van der Waals surface area (Å²) in [7, 11) is 0. The van der Waals surface area contributed by atoms with Gasteiger partial charge in [-0.1, -0.05) is 24.3 Å². The minimum Gasteiger partial charge on any atom is -0.478 e. The van der Waals surface area contributed by atoms with Gasteiger partial charge in [-0.2, -0.15) is 0 Å². The first-order valence-electron chi connectivity index (χ1n) is 6.78. The normalized spacial score (nSPS) is 27.1. The molecule has 3 heteroatoms. The molecule has 1 aromatic carbocycles. The summed E-state index contributed by atoms with van der Waals surface area (Å²) in [6.45, 7) is 5.03. The Morgan fingerprint density at radius 3 is 3.06 bits per heavy atom. The molecule has 1 saturated heterocycles. The molecule has 0 amide bonds. The van der Waals surface area contributed by atoms with E-state index in [4.69, 9.17) is 9.73 Å². The molecule has 0 aliphatic carbocycles. The van der Waals surface area contributed by atoms with Crippen molar-refractivity contribution in [1.29, 1.82) is 0 Å². The first-order valence-corrected chi connectivity index (χ1v) is 6.78. The molecule has 0 saturated carbocycles. The third kappa shape index (κ3) is 2.41. The van der Waals surface area contributed by atoms with Gasteiger partial charge in [0.25, 0.3) is 0 Å². The molecule has 0 radical (unpaired) electrons. The fourth-order valence-corrected chi connectivity index (χ4v) is 2.72. The fraction of sp³-hybridized carbons (Fsp3) is 0.533. The molecule has 1 fully saturated rings. The summed E-state index contributed by atoms with van der Waals surface area (Å²) in [4.78, 5) is 4.76. The van der Waals surface area contributed by atoms with Crippen LogP contribution in [0, 0.1) is 12.8 Å². The standard InChI is InChI=1S/C15H20N2O/c1-11-4-2-3-5-12(11)8-14-10-18-15(17-14)13-6-7-16-9-13/h2-5,13-14,16H,6-10H2,1H3. The lowest BCUT2D eigenvalue weighted by Gasteiger charge is -2.07. The minimum absolute atomic E-state index is 0.307. The maximum atomic E-state index is 5.77. The van der Waals surface area contributed by atoms with Gasteiger partial charge in [0.15, 0.2) is 5.90 Å². The third-order valence-corrected chi connectivity index (χ3v) is 3.86. The number of hydrogen-bond donors (Lipinski definition) is 1. The Bertz CT molecular complexity index is 450. The van der Waals surface area contributed by atoms with Gasteiger partial charge < -0.3 is 10.1 Å². The van der Waals surface area contributed by atoms with Crippen molar-refractivity contribution in [2.45, 2.75) is 25.8 Å². The van der Waals surface area contributed by atoms with E-state index in [-0.39, 0.29) is 0 Å². The van der Waals surface area contributed by atoms with Crippen LogP contribution in [0.3, 0.4) is 0 Å². The molecule has 0 bridgehead atoms. The van der Waals surface area contributed by atoms with E-state index in [9.17, 15) is 0 Å². The van der Waals surface area contributed by atoms with E-state index in [1.54, 1.807) is 0 Å². The van der Waals surface area contributed by atoms with Gasteiger partial charge in [-0.25, -0.2) is 4.99 Å². The van der Waals surface area contributed by atoms with Crippen molar-refractivity contribution in [3.8, 4) is 0 Å². The first-order chi connectivity index (χ1) is 8.83. The Kier molecular flexibility index (Phi) is 3.33. The smallest absolute Gasteiger partial charge is 0.188 e. The van der Waals surface area contributed by atoms with E-state index >= 15 is 0 Å². The predicted molar refractivity (Wildman–Crippen MR) is 73.0 cm³/mol. The number of nitrogens with zero attached hydrogens (tertiary/aromatic N) is 1. The molecule has 2 atom stereocenters. The molecule has 2 unspecified atom stereocenters. The second-order valence-corrected chi connectivity index (χ2v) is 5.25. The molecule has 1 aromatic rings. The van der Waals surface area contributed by atoms with Gasteiger partial charge in [0, 0.05) is 12.5 Å². The number of ether oxygens (including phenoxy) is 1. The lowest BCUT2D eigenvalue weighted by atomic mass is 10.0. The van der Waals surface area contributed by atoms with Crippen LogP contribution in [-0.4, -0.2) is 31.6 Å². The highest BCUT2D eigenvalue weighted by molar-refractivity contribution is 5.80. The van der Waals surface area contributed by atoms with Crippen LogP contribution in [-0.2, 0) is 11.2 Å². The molecule has 0 spiro atoms. The quantitative estimate of drug-likeness (QED) is 0.881. The summed E-state index contributed by atoms with van der Waals surface area (Å²) in [6.07, 6.45) is 2.16. The van der Waals surface area contributed by atoms with E-state index in [2.05, 4.69) is 36.5 Å². The maximum absolute atomic E-state index is 5.77. The zero-order valence-electron chi connectivity index (χ0n) is 10.9. The van der Waals surface area contributed by atoms with Crippen molar-refractivity contribution in [1.82, 2.24) is 5.32 Å². The summed E-state index contributed by atoms with van der Waals surface area (Å²) in [5.74, 6) is 1.49. The Hall–Kier alpha value is -1.35. The lowest BCUT2D eigenvalue weighted by molar-refractivity contribution is 0.298. The van der Waals surface area contributed by atoms with Crippen LogP contribution in [0.2, 0.25) is 0 Å². The number of nitrogens with one attached hydrogen (secondary N) is 1. The minimum atomic E-state index is 0.307. The largest absolute Gasteiger partial charge is 0.478 e. The Morgan fingerprint density at radius 2 is 2.28 bits per heavy atom. The summed E-state index contributed by atoms with van der Waals surface area (Å²) in [5, 5.41) is 3.36. The molecular formula is C15H20N2O. The van der Waals surface area contributed by atoms with Crippen LogP contribution in [0.5, 0.6) is 0 Å². The van der Waals surface area contributed by atoms with E-state index < -0.39 is 0 Å². The third-order valence-electron chi connectivity index (χ3n) is 3.86. The highest BCUT2D eigenvalue weighted by atomic mass is 16.5. The van der Waals surface area contributed by atoms with Gasteiger partial charge in [-0.3, -0.25) is 0 Å². The zero-order chi connectivity index (χ0) is 12.4. The SMILES string of the molecule is Cc1ccccc1CC1COC(C2CCNC2)=N1. The summed E-state index contributed by atoms with van der Waals surface area (Å²) in [6, 6.07) is 8.85. The van der Waals surface area contributed by atoms with Gasteiger partial charge in [0.1, 0.15) is 6.61 Å². The topological polar surface area (TPSA) is 33.6 Å². The predicted octanol–water partition coefficient (Wildman–Crippen LogP) is 1.94. The molecule has 0 aromatic heterocycles. The fourth-order valence-electron chi connectivity index (χ4n) is 2.72. The number of aliphatic imine (C=N–C) groups is 1. The van der Waals surface area contributed by atoms with Crippen LogP contribution in [0.25, 0.3) is 0 Å². The van der Waals surface area contributed by atoms with E-state index in [0.717, 1.165) is 38.4 Å². The first kappa shape index (κ1) is 11.7. The molecule has 1 N–H and O–H groups in total. The summed E-state index contributed by atoms with van der Waals surface area (Å²) in [5.41, 5.74) is 2.74. The molecule has 3 rings (SSSR count). The van der Waals surface area contributed by atoms with Crippen LogP contribution in [0.1, 0.15) is 17.5 Å². The number of aryl methyl sites for hydroxylation is 1. The molecule has 2 aliphatic heterocycles. The molecule has 2 aliphatic rings.